The van der Waals surface area contributed by atoms with Crippen molar-refractivity contribution >= 4 is 29.7 Å². The van der Waals surface area contributed by atoms with E-state index in [1.54, 1.807) is 0 Å². The monoisotopic (exact) mass is 181 g/mol. The van der Waals surface area contributed by atoms with E-state index >= 15 is 0 Å². The van der Waals surface area contributed by atoms with Crippen LogP contribution < -0.4 is 11.1 Å². The quantitative estimate of drug-likeness (QED) is 0.498. The number of rotatable bonds is 0. The summed E-state index contributed by atoms with van der Waals surface area (Å²) in [6, 6.07) is 0. The molecule has 3 N–H and O–H groups in total. The van der Waals surface area contributed by atoms with Crippen LogP contribution in [0.1, 0.15) is 0 Å². The Morgan fingerprint density at radius 2 is 1.90 bits per heavy atom. The Bertz CT molecular complexity index is 113. The predicted octanol–water partition coefficient (Wildman–Crippen LogP) is -0.443. The lowest BCUT2D eigenvalue weighted by Crippen LogP contribution is -2.48. The van der Waals surface area contributed by atoms with E-state index in [0.717, 1.165) is 26.2 Å². The second-order valence-electron chi connectivity index (χ2n) is 2.08. The van der Waals surface area contributed by atoms with E-state index in [9.17, 15) is 0 Å². The third-order valence-corrected chi connectivity index (χ3v) is 1.69. The molecule has 1 fully saturated rings. The minimum absolute atomic E-state index is 0. The van der Waals surface area contributed by atoms with E-state index < -0.39 is 0 Å². The van der Waals surface area contributed by atoms with Gasteiger partial charge in [-0.15, -0.1) is 12.4 Å². The van der Waals surface area contributed by atoms with Crippen LogP contribution in [0.5, 0.6) is 0 Å². The number of hydrogen-bond acceptors (Lipinski definition) is 2. The van der Waals surface area contributed by atoms with E-state index in [-0.39, 0.29) is 12.4 Å². The topological polar surface area (TPSA) is 41.3 Å². The molecule has 0 atom stereocenters. The summed E-state index contributed by atoms with van der Waals surface area (Å²) in [5.74, 6) is 0. The van der Waals surface area contributed by atoms with E-state index in [1.165, 1.54) is 0 Å². The Labute approximate surface area is 72.4 Å². The van der Waals surface area contributed by atoms with Gasteiger partial charge in [-0.2, -0.15) is 0 Å². The summed E-state index contributed by atoms with van der Waals surface area (Å²) < 4.78 is 0. The Hall–Kier alpha value is -0.0600. The summed E-state index contributed by atoms with van der Waals surface area (Å²) in [6.07, 6.45) is 0. The highest BCUT2D eigenvalue weighted by Crippen LogP contribution is 1.89. The number of thiocarbonyl (C=S) groups is 1. The predicted molar refractivity (Wildman–Crippen MR) is 48.5 cm³/mol. The van der Waals surface area contributed by atoms with Gasteiger partial charge in [0.15, 0.2) is 5.11 Å². The van der Waals surface area contributed by atoms with Crippen molar-refractivity contribution in [3.05, 3.63) is 0 Å². The molecule has 0 amide bonds. The van der Waals surface area contributed by atoms with Crippen LogP contribution in [0, 0.1) is 0 Å². The summed E-state index contributed by atoms with van der Waals surface area (Å²) >= 11 is 4.79. The van der Waals surface area contributed by atoms with Gasteiger partial charge in [-0.1, -0.05) is 0 Å². The van der Waals surface area contributed by atoms with Gasteiger partial charge in [-0.05, 0) is 12.2 Å². The van der Waals surface area contributed by atoms with Crippen molar-refractivity contribution in [3.63, 3.8) is 0 Å². The molecule has 0 aromatic rings. The van der Waals surface area contributed by atoms with Gasteiger partial charge in [0.1, 0.15) is 0 Å². The summed E-state index contributed by atoms with van der Waals surface area (Å²) in [6.45, 7) is 3.90. The molecule has 0 saturated carbocycles. The molecule has 60 valence electrons. The molecule has 3 nitrogen and oxygen atoms in total. The molecule has 0 aliphatic carbocycles. The fourth-order valence-electron chi connectivity index (χ4n) is 0.885. The first-order valence-corrected chi connectivity index (χ1v) is 3.46. The lowest BCUT2D eigenvalue weighted by molar-refractivity contribution is 0.359. The lowest BCUT2D eigenvalue weighted by atomic mass is 10.4. The molecule has 0 aromatic carbocycles. The summed E-state index contributed by atoms with van der Waals surface area (Å²) in [5, 5.41) is 3.74. The zero-order valence-corrected chi connectivity index (χ0v) is 7.30. The first-order chi connectivity index (χ1) is 4.30. The normalized spacial score (nSPS) is 17.8. The smallest absolute Gasteiger partial charge is 0.166 e. The molecule has 1 heterocycles. The van der Waals surface area contributed by atoms with Gasteiger partial charge in [0, 0.05) is 26.2 Å². The van der Waals surface area contributed by atoms with Crippen LogP contribution in [-0.2, 0) is 0 Å². The van der Waals surface area contributed by atoms with Crippen molar-refractivity contribution in [1.29, 1.82) is 0 Å². The highest BCUT2D eigenvalue weighted by molar-refractivity contribution is 7.80. The van der Waals surface area contributed by atoms with Gasteiger partial charge in [0.05, 0.1) is 0 Å². The number of piperazine rings is 1. The fourth-order valence-corrected chi connectivity index (χ4v) is 1.07. The highest BCUT2D eigenvalue weighted by atomic mass is 35.5. The van der Waals surface area contributed by atoms with Gasteiger partial charge in [0.25, 0.3) is 0 Å². The van der Waals surface area contributed by atoms with Crippen LogP contribution in [0.2, 0.25) is 0 Å². The van der Waals surface area contributed by atoms with E-state index in [4.69, 9.17) is 18.0 Å². The molecular formula is C5H12ClN3S. The minimum atomic E-state index is 0. The molecule has 1 aliphatic heterocycles. The van der Waals surface area contributed by atoms with Crippen molar-refractivity contribution in [2.45, 2.75) is 0 Å². The fraction of sp³-hybridized carbons (Fsp3) is 0.800. The highest BCUT2D eigenvalue weighted by Gasteiger charge is 2.08. The Morgan fingerprint density at radius 3 is 2.20 bits per heavy atom. The van der Waals surface area contributed by atoms with Crippen molar-refractivity contribution < 1.29 is 0 Å². The van der Waals surface area contributed by atoms with E-state index in [2.05, 4.69) is 5.32 Å². The lowest BCUT2D eigenvalue weighted by Gasteiger charge is -2.27. The van der Waals surface area contributed by atoms with Gasteiger partial charge in [-0.25, -0.2) is 0 Å². The summed E-state index contributed by atoms with van der Waals surface area (Å²) in [5.41, 5.74) is 5.40. The van der Waals surface area contributed by atoms with Gasteiger partial charge >= 0.3 is 0 Å². The maximum atomic E-state index is 5.40. The maximum Gasteiger partial charge on any atom is 0.166 e. The van der Waals surface area contributed by atoms with Gasteiger partial charge in [0.2, 0.25) is 0 Å². The van der Waals surface area contributed by atoms with E-state index in [0.29, 0.717) is 5.11 Å². The van der Waals surface area contributed by atoms with Crippen molar-refractivity contribution in [2.24, 2.45) is 5.73 Å². The molecule has 1 saturated heterocycles. The molecule has 10 heavy (non-hydrogen) atoms. The second kappa shape index (κ2) is 4.71. The Morgan fingerprint density at radius 1 is 1.40 bits per heavy atom. The number of halogens is 1. The number of nitrogens with two attached hydrogens (primary N) is 1. The Kier molecular flexibility index (Phi) is 4.68. The van der Waals surface area contributed by atoms with Crippen LogP contribution in [0.4, 0.5) is 0 Å². The van der Waals surface area contributed by atoms with Crippen LogP contribution in [0.25, 0.3) is 0 Å². The zero-order chi connectivity index (χ0) is 6.69. The third kappa shape index (κ3) is 2.68. The summed E-state index contributed by atoms with van der Waals surface area (Å²) in [4.78, 5) is 2.01. The molecule has 1 rings (SSSR count). The first-order valence-electron chi connectivity index (χ1n) is 3.06. The molecular weight excluding hydrogens is 170 g/mol. The van der Waals surface area contributed by atoms with Crippen molar-refractivity contribution in [3.8, 4) is 0 Å². The molecule has 0 aromatic heterocycles. The number of nitrogens with zero attached hydrogens (tertiary/aromatic N) is 1. The average molecular weight is 182 g/mol. The largest absolute Gasteiger partial charge is 0.376 e. The van der Waals surface area contributed by atoms with Crippen LogP contribution in [0.15, 0.2) is 0 Å². The standard InChI is InChI=1S/C5H11N3S.ClH/c6-5(9)8-3-1-7-2-4-8;/h7H,1-4H2,(H2,6,9);1H. The molecule has 0 spiro atoms. The molecule has 0 unspecified atom stereocenters. The molecule has 0 bridgehead atoms. The van der Waals surface area contributed by atoms with Crippen LogP contribution >= 0.6 is 24.6 Å². The number of hydrogen-bond donors (Lipinski definition) is 2. The van der Waals surface area contributed by atoms with Crippen molar-refractivity contribution in [2.75, 3.05) is 26.2 Å². The van der Waals surface area contributed by atoms with Crippen LogP contribution in [-0.4, -0.2) is 36.2 Å². The van der Waals surface area contributed by atoms with Gasteiger partial charge in [-0.3, -0.25) is 0 Å². The maximum absolute atomic E-state index is 5.40. The minimum Gasteiger partial charge on any atom is -0.376 e. The second-order valence-corrected chi connectivity index (χ2v) is 2.49. The molecule has 0 radical (unpaired) electrons. The SMILES string of the molecule is Cl.NC(=S)N1CCNCC1. The zero-order valence-electron chi connectivity index (χ0n) is 5.67. The third-order valence-electron chi connectivity index (χ3n) is 1.43. The van der Waals surface area contributed by atoms with Crippen molar-refractivity contribution in [1.82, 2.24) is 10.2 Å². The van der Waals surface area contributed by atoms with E-state index in [1.807, 2.05) is 4.90 Å². The Balaban J connectivity index is 0.000000810. The number of nitrogens with one attached hydrogen (secondary N) is 1. The van der Waals surface area contributed by atoms with Crippen LogP contribution in [0.3, 0.4) is 0 Å². The summed E-state index contributed by atoms with van der Waals surface area (Å²) in [7, 11) is 0. The molecule has 1 aliphatic rings. The first kappa shape index (κ1) is 9.94. The molecule has 5 heteroatoms. The van der Waals surface area contributed by atoms with Gasteiger partial charge < -0.3 is 16.0 Å². The average Bonchev–Trinajstić information content (AvgIpc) is 1.90.